The average Bonchev–Trinajstić information content (AvgIpc) is 3.13. The van der Waals surface area contributed by atoms with Gasteiger partial charge < -0.3 is 14.6 Å². The number of carbonyl (C=O) groups is 1. The second kappa shape index (κ2) is 9.35. The van der Waals surface area contributed by atoms with Crippen LogP contribution < -0.4 is 10.5 Å². The Bertz CT molecular complexity index is 1610. The van der Waals surface area contributed by atoms with Crippen molar-refractivity contribution in [2.45, 2.75) is 25.6 Å². The first kappa shape index (κ1) is 23.7. The minimum Gasteiger partial charge on any atom is -0.493 e. The first-order valence-electron chi connectivity index (χ1n) is 12.1. The lowest BCUT2D eigenvalue weighted by atomic mass is 9.83. The van der Waals surface area contributed by atoms with Gasteiger partial charge in [-0.2, -0.15) is 0 Å². The topological polar surface area (TPSA) is 93.4 Å². The Hall–Kier alpha value is -3.63. The van der Waals surface area contributed by atoms with Crippen molar-refractivity contribution in [3.8, 4) is 5.88 Å². The highest BCUT2D eigenvalue weighted by Crippen LogP contribution is 2.40. The summed E-state index contributed by atoms with van der Waals surface area (Å²) in [6, 6.07) is 16.2. The van der Waals surface area contributed by atoms with Crippen LogP contribution in [0.15, 0.2) is 80.2 Å². The van der Waals surface area contributed by atoms with Crippen LogP contribution in [0.3, 0.4) is 0 Å². The molecular formula is C27H24BrFN5O3+. The molecular weight excluding hydrogens is 541 g/mol. The van der Waals surface area contributed by atoms with Crippen LogP contribution in [-0.4, -0.2) is 33.2 Å². The van der Waals surface area contributed by atoms with Crippen molar-refractivity contribution < 1.29 is 19.2 Å². The number of likely N-dealkylation sites (tertiary alicyclic amines) is 1. The van der Waals surface area contributed by atoms with E-state index < -0.39 is 11.7 Å². The first-order chi connectivity index (χ1) is 17.9. The number of piperidine rings is 1. The standard InChI is InChI=1S/C27H23BrFN5O3/c28-19-6-9-23-21(11-19)25(30-31-26(36)17-4-7-20(29)8-5-17)27(37)34(23)15-32-12-16-10-18(14-32)22-2-1-3-24(35)33(22)13-16/h1-9,11,16,18,37H,10,12-15H2/p+1/t16-,18+/m1/s1. The number of nitrogens with one attached hydrogen (secondary N) is 1. The molecule has 0 radical (unpaired) electrons. The van der Waals surface area contributed by atoms with E-state index in [-0.39, 0.29) is 28.6 Å². The molecule has 2 aliphatic heterocycles. The molecule has 0 saturated carbocycles. The van der Waals surface area contributed by atoms with Gasteiger partial charge in [0.25, 0.3) is 11.5 Å². The number of fused-ring (bicyclic) bond motifs is 5. The lowest BCUT2D eigenvalue weighted by Gasteiger charge is -2.40. The highest BCUT2D eigenvalue weighted by Gasteiger charge is 2.37. The molecule has 6 rings (SSSR count). The van der Waals surface area contributed by atoms with Gasteiger partial charge in [0.05, 0.1) is 18.6 Å². The first-order valence-corrected chi connectivity index (χ1v) is 12.9. The van der Waals surface area contributed by atoms with Crippen molar-refractivity contribution in [1.82, 2.24) is 9.13 Å². The Balaban J connectivity index is 1.31. The Kier molecular flexibility index (Phi) is 6.00. The highest BCUT2D eigenvalue weighted by atomic mass is 79.9. The molecule has 3 atom stereocenters. The molecule has 188 valence electrons. The summed E-state index contributed by atoms with van der Waals surface area (Å²) in [6.45, 7) is 2.95. The number of nitrogens with zero attached hydrogens (tertiary/aromatic N) is 4. The van der Waals surface area contributed by atoms with Gasteiger partial charge in [-0.05, 0) is 55.0 Å². The van der Waals surface area contributed by atoms with Gasteiger partial charge in [0.1, 0.15) is 5.82 Å². The summed E-state index contributed by atoms with van der Waals surface area (Å²) in [5.41, 5.74) is 2.34. The van der Waals surface area contributed by atoms with Gasteiger partial charge in [0.2, 0.25) is 5.88 Å². The Labute approximate surface area is 219 Å². The fourth-order valence-electron chi connectivity index (χ4n) is 5.77. The van der Waals surface area contributed by atoms with Crippen molar-refractivity contribution in [3.63, 3.8) is 0 Å². The summed E-state index contributed by atoms with van der Waals surface area (Å²) in [7, 11) is 0. The smallest absolute Gasteiger partial charge is 0.295 e. The predicted molar refractivity (Wildman–Crippen MR) is 139 cm³/mol. The van der Waals surface area contributed by atoms with Gasteiger partial charge in [-0.15, -0.1) is 10.2 Å². The largest absolute Gasteiger partial charge is 0.493 e. The Morgan fingerprint density at radius 1 is 1.14 bits per heavy atom. The summed E-state index contributed by atoms with van der Waals surface area (Å²) >= 11 is 3.48. The molecule has 8 nitrogen and oxygen atoms in total. The molecule has 4 heterocycles. The van der Waals surface area contributed by atoms with E-state index in [0.717, 1.165) is 35.2 Å². The maximum Gasteiger partial charge on any atom is 0.295 e. The molecule has 2 aromatic carbocycles. The zero-order valence-corrected chi connectivity index (χ0v) is 21.4. The molecule has 10 heteroatoms. The molecule has 0 spiro atoms. The number of azo groups is 1. The third kappa shape index (κ3) is 4.40. The van der Waals surface area contributed by atoms with Crippen molar-refractivity contribution >= 4 is 38.4 Å². The van der Waals surface area contributed by atoms with Crippen molar-refractivity contribution in [2.24, 2.45) is 16.1 Å². The van der Waals surface area contributed by atoms with Crippen LogP contribution >= 0.6 is 15.9 Å². The van der Waals surface area contributed by atoms with E-state index in [4.69, 9.17) is 0 Å². The number of pyridine rings is 1. The molecule has 1 amide bonds. The minimum absolute atomic E-state index is 0.0560. The van der Waals surface area contributed by atoms with Gasteiger partial charge >= 0.3 is 0 Å². The van der Waals surface area contributed by atoms with Crippen LogP contribution in [0, 0.1) is 11.7 Å². The van der Waals surface area contributed by atoms with Crippen LogP contribution in [0.2, 0.25) is 0 Å². The molecule has 1 unspecified atom stereocenters. The summed E-state index contributed by atoms with van der Waals surface area (Å²) < 4.78 is 17.7. The average molecular weight is 565 g/mol. The van der Waals surface area contributed by atoms with Crippen LogP contribution in [0.4, 0.5) is 10.1 Å². The number of quaternary nitrogens is 1. The second-order valence-electron chi connectivity index (χ2n) is 9.79. The van der Waals surface area contributed by atoms with Crippen molar-refractivity contribution in [1.29, 1.82) is 0 Å². The molecule has 37 heavy (non-hydrogen) atoms. The molecule has 0 aliphatic carbocycles. The summed E-state index contributed by atoms with van der Waals surface area (Å²) in [6.07, 6.45) is 1.06. The molecule has 2 bridgehead atoms. The van der Waals surface area contributed by atoms with E-state index >= 15 is 0 Å². The van der Waals surface area contributed by atoms with Crippen LogP contribution in [-0.2, 0) is 13.2 Å². The lowest BCUT2D eigenvalue weighted by molar-refractivity contribution is -0.932. The SMILES string of the molecule is O=C(N=Nc1c(O)n(C[NH+]2C[C@H]3C[C@@H](C2)c2cccc(=O)n2C3)c2ccc(Br)cc12)c1ccc(F)cc1. The van der Waals surface area contributed by atoms with E-state index in [1.165, 1.54) is 29.2 Å². The number of hydrogen-bond acceptors (Lipinski definition) is 4. The summed E-state index contributed by atoms with van der Waals surface area (Å²) in [4.78, 5) is 26.1. The fourth-order valence-corrected chi connectivity index (χ4v) is 6.13. The molecule has 2 aliphatic rings. The zero-order chi connectivity index (χ0) is 25.7. The van der Waals surface area contributed by atoms with Crippen LogP contribution in [0.1, 0.15) is 28.4 Å². The molecule has 2 aromatic heterocycles. The molecule has 1 fully saturated rings. The maximum absolute atomic E-state index is 13.2. The van der Waals surface area contributed by atoms with Crippen molar-refractivity contribution in [2.75, 3.05) is 13.1 Å². The predicted octanol–water partition coefficient (Wildman–Crippen LogP) is 3.99. The van der Waals surface area contributed by atoms with E-state index in [2.05, 4.69) is 26.2 Å². The van der Waals surface area contributed by atoms with E-state index in [9.17, 15) is 19.1 Å². The van der Waals surface area contributed by atoms with Gasteiger partial charge in [0.15, 0.2) is 12.4 Å². The molecule has 2 N–H and O–H groups in total. The maximum atomic E-state index is 13.2. The number of benzene rings is 2. The number of carbonyl (C=O) groups excluding carboxylic acids is 1. The van der Waals surface area contributed by atoms with Crippen molar-refractivity contribution in [3.05, 3.63) is 92.6 Å². The third-order valence-corrected chi connectivity index (χ3v) is 7.85. The number of amides is 1. The van der Waals surface area contributed by atoms with Crippen LogP contribution in [0.5, 0.6) is 5.88 Å². The fraction of sp³-hybridized carbons (Fsp3) is 0.259. The second-order valence-corrected chi connectivity index (χ2v) is 10.7. The van der Waals surface area contributed by atoms with Gasteiger partial charge in [-0.25, -0.2) is 4.39 Å². The van der Waals surface area contributed by atoms with E-state index in [0.29, 0.717) is 24.5 Å². The number of aromatic hydroxyl groups is 1. The van der Waals surface area contributed by atoms with Crippen LogP contribution in [0.25, 0.3) is 10.9 Å². The Morgan fingerprint density at radius 3 is 2.76 bits per heavy atom. The Morgan fingerprint density at radius 2 is 1.95 bits per heavy atom. The molecule has 1 saturated heterocycles. The van der Waals surface area contributed by atoms with E-state index in [1.807, 2.05) is 39.5 Å². The lowest BCUT2D eigenvalue weighted by Crippen LogP contribution is -3.13. The monoisotopic (exact) mass is 564 g/mol. The number of halogens is 2. The third-order valence-electron chi connectivity index (χ3n) is 7.36. The summed E-state index contributed by atoms with van der Waals surface area (Å²) in [5, 5.41) is 19.8. The van der Waals surface area contributed by atoms with Gasteiger partial charge in [-0.1, -0.05) is 22.0 Å². The normalized spacial score (nSPS) is 20.9. The highest BCUT2D eigenvalue weighted by molar-refractivity contribution is 9.10. The quantitative estimate of drug-likeness (QED) is 0.367. The number of aromatic nitrogens is 2. The molecule has 4 aromatic rings. The van der Waals surface area contributed by atoms with E-state index in [1.54, 1.807) is 6.07 Å². The van der Waals surface area contributed by atoms with Gasteiger partial charge in [0, 0.05) is 45.6 Å². The minimum atomic E-state index is -0.626. The number of hydrogen-bond donors (Lipinski definition) is 2. The summed E-state index contributed by atoms with van der Waals surface area (Å²) in [5.74, 6) is -0.477. The number of rotatable bonds is 4. The zero-order valence-electron chi connectivity index (χ0n) is 19.8. The van der Waals surface area contributed by atoms with Gasteiger partial charge in [-0.3, -0.25) is 14.2 Å².